The molecule has 7 heteroatoms. The number of hydrogen-bond acceptors (Lipinski definition) is 5. The predicted octanol–water partition coefficient (Wildman–Crippen LogP) is 4.24. The Morgan fingerprint density at radius 2 is 1.57 bits per heavy atom. The maximum atomic E-state index is 10.4. The van der Waals surface area contributed by atoms with Crippen LogP contribution in [0.5, 0.6) is 0 Å². The number of nitrogens with one attached hydrogen (secondary N) is 1. The van der Waals surface area contributed by atoms with Gasteiger partial charge in [-0.15, -0.1) is 0 Å². The summed E-state index contributed by atoms with van der Waals surface area (Å²) in [7, 11) is -2.28. The minimum Gasteiger partial charge on any atom is -0.744 e. The van der Waals surface area contributed by atoms with Gasteiger partial charge in [-0.1, -0.05) is 48.0 Å². The Labute approximate surface area is 175 Å². The number of anilines is 1. The van der Waals surface area contributed by atoms with Crippen molar-refractivity contribution in [2.45, 2.75) is 11.8 Å². The van der Waals surface area contributed by atoms with Crippen LogP contribution in [0, 0.1) is 6.92 Å². The molecule has 0 saturated heterocycles. The lowest BCUT2D eigenvalue weighted by molar-refractivity contribution is -0.652. The lowest BCUT2D eigenvalue weighted by Gasteiger charge is -2.05. The largest absolute Gasteiger partial charge is 0.744 e. The van der Waals surface area contributed by atoms with Crippen LogP contribution < -0.4 is 9.88 Å². The molecule has 1 heterocycles. The van der Waals surface area contributed by atoms with Gasteiger partial charge in [-0.25, -0.2) is 8.42 Å². The molecule has 0 amide bonds. The molecule has 0 aliphatic rings. The number of hydrogen-bond donors (Lipinski definition) is 1. The van der Waals surface area contributed by atoms with Crippen LogP contribution in [0.4, 0.5) is 5.69 Å². The topological polar surface area (TPSA) is 86.2 Å². The molecule has 0 aliphatic carbocycles. The number of para-hydroxylation sites is 3. The van der Waals surface area contributed by atoms with Gasteiger partial charge < -0.3 is 14.3 Å². The average Bonchev–Trinajstić information content (AvgIpc) is 3.05. The summed E-state index contributed by atoms with van der Waals surface area (Å²) >= 11 is 0. The summed E-state index contributed by atoms with van der Waals surface area (Å²) in [6, 6.07) is 23.8. The van der Waals surface area contributed by atoms with Crippen molar-refractivity contribution in [3.05, 3.63) is 96.5 Å². The first-order chi connectivity index (χ1) is 14.3. The Bertz CT molecular complexity index is 1250. The van der Waals surface area contributed by atoms with Gasteiger partial charge in [-0.3, -0.25) is 0 Å². The monoisotopic (exact) mass is 422 g/mol. The van der Waals surface area contributed by atoms with Gasteiger partial charge in [0.05, 0.1) is 11.0 Å². The van der Waals surface area contributed by atoms with Crippen LogP contribution in [0.3, 0.4) is 0 Å². The predicted molar refractivity (Wildman–Crippen MR) is 116 cm³/mol. The normalized spacial score (nSPS) is 11.3. The van der Waals surface area contributed by atoms with E-state index in [1.165, 1.54) is 12.1 Å². The lowest BCUT2D eigenvalue weighted by atomic mass is 10.2. The third-order valence-corrected chi connectivity index (χ3v) is 5.18. The molecule has 0 atom stereocenters. The molecule has 0 fully saturated rings. The van der Waals surface area contributed by atoms with Crippen molar-refractivity contribution in [3.63, 3.8) is 0 Å². The highest BCUT2D eigenvalue weighted by Crippen LogP contribution is 2.13. The van der Waals surface area contributed by atoms with Gasteiger partial charge in [0.15, 0.2) is 0 Å². The van der Waals surface area contributed by atoms with Gasteiger partial charge in [0.2, 0.25) is 5.58 Å². The minimum absolute atomic E-state index is 0.178. The highest BCUT2D eigenvalue weighted by molar-refractivity contribution is 7.85. The van der Waals surface area contributed by atoms with Gasteiger partial charge in [0.1, 0.15) is 17.2 Å². The summed E-state index contributed by atoms with van der Waals surface area (Å²) in [5.74, 6) is 0.810. The molecule has 0 spiro atoms. The van der Waals surface area contributed by atoms with E-state index >= 15 is 0 Å². The molecule has 0 aliphatic heterocycles. The Morgan fingerprint density at radius 1 is 0.933 bits per heavy atom. The first kappa shape index (κ1) is 21.3. The van der Waals surface area contributed by atoms with E-state index in [4.69, 9.17) is 4.42 Å². The maximum Gasteiger partial charge on any atom is 0.375 e. The molecule has 1 N–H and O–H groups in total. The SMILES string of the molecule is C[n+]1c(C=CNc2ccccc2)oc2ccccc21.Cc1ccc(S(=O)(=O)[O-])cc1. The molecule has 1 aromatic heterocycles. The number of aryl methyl sites for hydroxylation is 2. The number of fused-ring (bicyclic) bond motifs is 1. The molecule has 3 aromatic carbocycles. The fraction of sp³-hybridized carbons (Fsp3) is 0.0870. The highest BCUT2D eigenvalue weighted by Gasteiger charge is 2.15. The minimum atomic E-state index is -4.27. The van der Waals surface area contributed by atoms with Gasteiger partial charge in [0.25, 0.3) is 5.52 Å². The Balaban J connectivity index is 0.000000199. The van der Waals surface area contributed by atoms with E-state index in [0.29, 0.717) is 0 Å². The van der Waals surface area contributed by atoms with E-state index in [-0.39, 0.29) is 4.90 Å². The lowest BCUT2D eigenvalue weighted by Crippen LogP contribution is -2.29. The van der Waals surface area contributed by atoms with Crippen molar-refractivity contribution in [2.24, 2.45) is 7.05 Å². The molecular formula is C23H22N2O4S. The van der Waals surface area contributed by atoms with Crippen LogP contribution in [-0.2, 0) is 17.2 Å². The second kappa shape index (κ2) is 9.39. The van der Waals surface area contributed by atoms with E-state index in [2.05, 4.69) is 5.32 Å². The van der Waals surface area contributed by atoms with Crippen molar-refractivity contribution < 1.29 is 22.0 Å². The van der Waals surface area contributed by atoms with Crippen LogP contribution in [0.2, 0.25) is 0 Å². The molecular weight excluding hydrogens is 400 g/mol. The zero-order chi connectivity index (χ0) is 21.6. The third kappa shape index (κ3) is 5.56. The number of benzene rings is 3. The van der Waals surface area contributed by atoms with Crippen LogP contribution >= 0.6 is 0 Å². The smallest absolute Gasteiger partial charge is 0.375 e. The van der Waals surface area contributed by atoms with Crippen molar-refractivity contribution >= 4 is 33.0 Å². The molecule has 0 unspecified atom stereocenters. The second-order valence-electron chi connectivity index (χ2n) is 6.58. The molecule has 154 valence electrons. The summed E-state index contributed by atoms with van der Waals surface area (Å²) in [5, 5.41) is 3.21. The fourth-order valence-electron chi connectivity index (χ4n) is 2.71. The van der Waals surface area contributed by atoms with Gasteiger partial charge in [0, 0.05) is 18.0 Å². The number of nitrogens with zero attached hydrogens (tertiary/aromatic N) is 1. The first-order valence-corrected chi connectivity index (χ1v) is 10.6. The van der Waals surface area contributed by atoms with Crippen molar-refractivity contribution in [1.29, 1.82) is 0 Å². The van der Waals surface area contributed by atoms with Gasteiger partial charge >= 0.3 is 5.89 Å². The first-order valence-electron chi connectivity index (χ1n) is 9.23. The quantitative estimate of drug-likeness (QED) is 0.393. The summed E-state index contributed by atoms with van der Waals surface area (Å²) in [6.07, 6.45) is 3.81. The van der Waals surface area contributed by atoms with Gasteiger partial charge in [-0.2, -0.15) is 4.57 Å². The van der Waals surface area contributed by atoms with Crippen molar-refractivity contribution in [3.8, 4) is 0 Å². The summed E-state index contributed by atoms with van der Waals surface area (Å²) in [5.41, 5.74) is 3.96. The molecule has 6 nitrogen and oxygen atoms in total. The maximum absolute atomic E-state index is 10.4. The standard InChI is InChI=1S/C16H14N2O.C7H8O3S/c1-18-14-9-5-6-10-15(14)19-16(18)11-12-17-13-7-3-2-4-8-13;1-6-2-4-7(5-3-6)11(8,9)10/h2-12H,1H3;2-5H,1H3,(H,8,9,10). The van der Waals surface area contributed by atoms with E-state index in [9.17, 15) is 13.0 Å². The molecule has 0 radical (unpaired) electrons. The Kier molecular flexibility index (Phi) is 6.66. The van der Waals surface area contributed by atoms with Crippen LogP contribution in [-0.4, -0.2) is 13.0 Å². The summed E-state index contributed by atoms with van der Waals surface area (Å²) < 4.78 is 39.0. The Morgan fingerprint density at radius 3 is 2.20 bits per heavy atom. The van der Waals surface area contributed by atoms with E-state index in [1.54, 1.807) is 12.1 Å². The molecule has 0 saturated carbocycles. The van der Waals surface area contributed by atoms with Gasteiger partial charge in [-0.05, 0) is 37.3 Å². The van der Waals surface area contributed by atoms with E-state index < -0.39 is 10.1 Å². The average molecular weight is 423 g/mol. The number of rotatable bonds is 4. The van der Waals surface area contributed by atoms with Crippen molar-refractivity contribution in [1.82, 2.24) is 0 Å². The summed E-state index contributed by atoms with van der Waals surface area (Å²) in [4.78, 5) is -0.178. The van der Waals surface area contributed by atoms with E-state index in [1.807, 2.05) is 85.4 Å². The molecule has 0 bridgehead atoms. The fourth-order valence-corrected chi connectivity index (χ4v) is 3.18. The Hall–Kier alpha value is -3.42. The molecule has 30 heavy (non-hydrogen) atoms. The third-order valence-electron chi connectivity index (χ3n) is 4.33. The molecule has 4 rings (SSSR count). The number of aromatic nitrogens is 1. The van der Waals surface area contributed by atoms with E-state index in [0.717, 1.165) is 28.2 Å². The van der Waals surface area contributed by atoms with Crippen molar-refractivity contribution in [2.75, 3.05) is 5.32 Å². The van der Waals surface area contributed by atoms with Crippen LogP contribution in [0.15, 0.2) is 94.4 Å². The number of oxazole rings is 1. The highest BCUT2D eigenvalue weighted by atomic mass is 32.2. The second-order valence-corrected chi connectivity index (χ2v) is 7.96. The van der Waals surface area contributed by atoms with Crippen LogP contribution in [0.1, 0.15) is 11.5 Å². The zero-order valence-electron chi connectivity index (χ0n) is 16.6. The zero-order valence-corrected chi connectivity index (χ0v) is 17.5. The summed E-state index contributed by atoms with van der Waals surface area (Å²) in [6.45, 7) is 1.82. The van der Waals surface area contributed by atoms with Crippen LogP contribution in [0.25, 0.3) is 17.2 Å². The molecule has 4 aromatic rings.